The lowest BCUT2D eigenvalue weighted by atomic mass is 10.0. The Labute approximate surface area is 159 Å². The normalized spacial score (nSPS) is 10.4. The van der Waals surface area contributed by atoms with Crippen LogP contribution in [0.3, 0.4) is 0 Å². The average Bonchev–Trinajstić information content (AvgIpc) is 2.65. The lowest BCUT2D eigenvalue weighted by Crippen LogP contribution is -2.27. The summed E-state index contributed by atoms with van der Waals surface area (Å²) in [6, 6.07) is 7.28. The molecule has 0 heterocycles. The van der Waals surface area contributed by atoms with Crippen molar-refractivity contribution in [2.24, 2.45) is 0 Å². The van der Waals surface area contributed by atoms with Crippen molar-refractivity contribution >= 4 is 23.0 Å². The van der Waals surface area contributed by atoms with E-state index in [1.54, 1.807) is 6.07 Å². The number of benzene rings is 2. The number of carbonyl (C=O) groups is 2. The van der Waals surface area contributed by atoms with E-state index < -0.39 is 12.2 Å². The third kappa shape index (κ3) is 4.61. The molecule has 146 valence electrons. The first-order valence-electron chi connectivity index (χ1n) is 9.18. The van der Waals surface area contributed by atoms with Crippen LogP contribution in [0, 0.1) is 0 Å². The molecule has 27 heavy (non-hydrogen) atoms. The van der Waals surface area contributed by atoms with Crippen molar-refractivity contribution in [2.45, 2.75) is 34.1 Å². The first kappa shape index (κ1) is 20.4. The maximum absolute atomic E-state index is 12.1. The fourth-order valence-electron chi connectivity index (χ4n) is 2.79. The predicted octanol–water partition coefficient (Wildman–Crippen LogP) is 4.02. The summed E-state index contributed by atoms with van der Waals surface area (Å²) in [6.45, 7) is 8.66. The Hall–Kier alpha value is -2.96. The van der Waals surface area contributed by atoms with Crippen LogP contribution in [0.4, 0.5) is 9.59 Å². The van der Waals surface area contributed by atoms with Crippen LogP contribution in [-0.4, -0.2) is 31.9 Å². The van der Waals surface area contributed by atoms with Crippen molar-refractivity contribution in [1.29, 1.82) is 0 Å². The molecule has 2 aromatic rings. The maximum atomic E-state index is 12.1. The van der Waals surface area contributed by atoms with Crippen molar-refractivity contribution < 1.29 is 23.8 Å². The monoisotopic (exact) mass is 374 g/mol. The van der Waals surface area contributed by atoms with Gasteiger partial charge in [-0.3, -0.25) is 0 Å². The van der Waals surface area contributed by atoms with Gasteiger partial charge in [0.25, 0.3) is 0 Å². The maximum Gasteiger partial charge on any atom is 0.412 e. The summed E-state index contributed by atoms with van der Waals surface area (Å²) in [5, 5.41) is 6.54. The molecule has 0 aliphatic rings. The summed E-state index contributed by atoms with van der Waals surface area (Å²) in [5.41, 5.74) is 0.668. The number of rotatable bonds is 7. The van der Waals surface area contributed by atoms with Crippen LogP contribution in [0.15, 0.2) is 24.3 Å². The molecular formula is C20H26N2O5. The Balaban J connectivity index is 2.71. The highest BCUT2D eigenvalue weighted by Crippen LogP contribution is 2.46. The van der Waals surface area contributed by atoms with E-state index in [4.69, 9.17) is 14.2 Å². The molecule has 7 heteroatoms. The molecule has 0 aliphatic carbocycles. The van der Waals surface area contributed by atoms with Gasteiger partial charge >= 0.3 is 12.2 Å². The molecule has 0 saturated carbocycles. The predicted molar refractivity (Wildman–Crippen MR) is 104 cm³/mol. The van der Waals surface area contributed by atoms with Gasteiger partial charge < -0.3 is 24.8 Å². The lowest BCUT2D eigenvalue weighted by molar-refractivity contribution is 0.196. The van der Waals surface area contributed by atoms with Crippen LogP contribution >= 0.6 is 0 Å². The molecule has 7 nitrogen and oxygen atoms in total. The number of amides is 2. The summed E-state index contributed by atoms with van der Waals surface area (Å²) in [5.74, 6) is 1.13. The molecular weight excluding hydrogens is 348 g/mol. The van der Waals surface area contributed by atoms with Gasteiger partial charge in [0, 0.05) is 29.4 Å². The Bertz CT molecular complexity index is 820. The molecule has 0 aromatic heterocycles. The number of carbonyl (C=O) groups excluding carboxylic acids is 2. The SMILES string of the molecule is CCNC(=O)Oc1c(CC)c(OCC)c(OC(=O)NCC)c2ccccc12. The smallest absolute Gasteiger partial charge is 0.412 e. The van der Waals surface area contributed by atoms with Crippen molar-refractivity contribution in [3.05, 3.63) is 29.8 Å². The summed E-state index contributed by atoms with van der Waals surface area (Å²) in [7, 11) is 0. The van der Waals surface area contributed by atoms with Gasteiger partial charge in [-0.1, -0.05) is 31.2 Å². The Kier molecular flexibility index (Phi) is 7.28. The van der Waals surface area contributed by atoms with Crippen LogP contribution < -0.4 is 24.8 Å². The van der Waals surface area contributed by atoms with Crippen LogP contribution in [-0.2, 0) is 6.42 Å². The van der Waals surface area contributed by atoms with Crippen LogP contribution in [0.25, 0.3) is 10.8 Å². The first-order valence-corrected chi connectivity index (χ1v) is 9.18. The second-order valence-corrected chi connectivity index (χ2v) is 5.64. The first-order chi connectivity index (χ1) is 13.1. The van der Waals surface area contributed by atoms with Gasteiger partial charge in [0.1, 0.15) is 5.75 Å². The zero-order valence-corrected chi connectivity index (χ0v) is 16.2. The van der Waals surface area contributed by atoms with E-state index >= 15 is 0 Å². The fourth-order valence-corrected chi connectivity index (χ4v) is 2.79. The van der Waals surface area contributed by atoms with Gasteiger partial charge in [0.15, 0.2) is 11.5 Å². The van der Waals surface area contributed by atoms with Crippen molar-refractivity contribution in [3.8, 4) is 17.2 Å². The third-order valence-corrected chi connectivity index (χ3v) is 3.84. The minimum Gasteiger partial charge on any atom is -0.489 e. The topological polar surface area (TPSA) is 85.9 Å². The molecule has 0 bridgehead atoms. The van der Waals surface area contributed by atoms with E-state index in [0.29, 0.717) is 59.7 Å². The van der Waals surface area contributed by atoms with Gasteiger partial charge in [-0.25, -0.2) is 9.59 Å². The van der Waals surface area contributed by atoms with Gasteiger partial charge in [0.2, 0.25) is 0 Å². The molecule has 0 atom stereocenters. The fraction of sp³-hybridized carbons (Fsp3) is 0.400. The molecule has 2 N–H and O–H groups in total. The number of nitrogens with one attached hydrogen (secondary N) is 2. The molecule has 0 fully saturated rings. The highest BCUT2D eigenvalue weighted by Gasteiger charge is 2.24. The third-order valence-electron chi connectivity index (χ3n) is 3.84. The van der Waals surface area contributed by atoms with E-state index in [0.717, 1.165) is 0 Å². The van der Waals surface area contributed by atoms with Gasteiger partial charge in [-0.05, 0) is 27.2 Å². The summed E-state index contributed by atoms with van der Waals surface area (Å²) >= 11 is 0. The highest BCUT2D eigenvalue weighted by molar-refractivity contribution is 5.99. The lowest BCUT2D eigenvalue weighted by Gasteiger charge is -2.20. The van der Waals surface area contributed by atoms with Gasteiger partial charge in [0.05, 0.1) is 6.61 Å². The summed E-state index contributed by atoms with van der Waals surface area (Å²) < 4.78 is 17.0. The summed E-state index contributed by atoms with van der Waals surface area (Å²) in [6.07, 6.45) is -0.582. The Morgan fingerprint density at radius 3 is 1.81 bits per heavy atom. The van der Waals surface area contributed by atoms with Crippen LogP contribution in [0.1, 0.15) is 33.3 Å². The largest absolute Gasteiger partial charge is 0.489 e. The molecule has 2 aromatic carbocycles. The van der Waals surface area contributed by atoms with E-state index in [1.807, 2.05) is 45.9 Å². The molecule has 0 radical (unpaired) electrons. The zero-order chi connectivity index (χ0) is 19.8. The summed E-state index contributed by atoms with van der Waals surface area (Å²) in [4.78, 5) is 24.1. The standard InChI is InChI=1S/C20H26N2O5/c1-5-13-16(26-19(23)21-6-2)14-11-9-10-12-15(14)18(17(13)25-8-4)27-20(24)22-7-3/h9-12H,5-8H2,1-4H3,(H,21,23)(H,22,24). The number of hydrogen-bond acceptors (Lipinski definition) is 5. The molecule has 0 unspecified atom stereocenters. The molecule has 2 rings (SSSR count). The Morgan fingerprint density at radius 2 is 1.33 bits per heavy atom. The number of fused-ring (bicyclic) bond motifs is 1. The van der Waals surface area contributed by atoms with E-state index in [-0.39, 0.29) is 0 Å². The van der Waals surface area contributed by atoms with Crippen molar-refractivity contribution in [3.63, 3.8) is 0 Å². The second kappa shape index (κ2) is 9.66. The zero-order valence-electron chi connectivity index (χ0n) is 16.2. The minimum absolute atomic E-state index is 0.318. The van der Waals surface area contributed by atoms with E-state index in [1.165, 1.54) is 0 Å². The minimum atomic E-state index is -0.567. The molecule has 0 saturated heterocycles. The Morgan fingerprint density at radius 1 is 0.815 bits per heavy atom. The number of hydrogen-bond donors (Lipinski definition) is 2. The average molecular weight is 374 g/mol. The molecule has 0 aliphatic heterocycles. The van der Waals surface area contributed by atoms with E-state index in [2.05, 4.69) is 10.6 Å². The molecule has 0 spiro atoms. The number of ether oxygens (including phenoxy) is 3. The quantitative estimate of drug-likeness (QED) is 0.764. The van der Waals surface area contributed by atoms with Crippen molar-refractivity contribution in [1.82, 2.24) is 10.6 Å². The van der Waals surface area contributed by atoms with Crippen molar-refractivity contribution in [2.75, 3.05) is 19.7 Å². The second-order valence-electron chi connectivity index (χ2n) is 5.64. The van der Waals surface area contributed by atoms with Gasteiger partial charge in [-0.2, -0.15) is 0 Å². The molecule has 2 amide bonds. The highest BCUT2D eigenvalue weighted by atomic mass is 16.6. The van der Waals surface area contributed by atoms with Crippen LogP contribution in [0.5, 0.6) is 17.2 Å². The van der Waals surface area contributed by atoms with Gasteiger partial charge in [-0.15, -0.1) is 0 Å². The van der Waals surface area contributed by atoms with E-state index in [9.17, 15) is 9.59 Å². The van der Waals surface area contributed by atoms with Crippen LogP contribution in [0.2, 0.25) is 0 Å².